The largest absolute Gasteiger partial charge is 0.504 e. The van der Waals surface area contributed by atoms with Crippen LogP contribution in [0.3, 0.4) is 0 Å². The molecule has 1 aromatic carbocycles. The topological polar surface area (TPSA) is 118 Å². The van der Waals surface area contributed by atoms with Crippen LogP contribution in [0.2, 0.25) is 0 Å². The SMILES string of the molecule is COc1cc(C23OC4(O)CC(O)(CC(O)(C4)O2)O3)ccc1O. The molecule has 1 saturated carbocycles. The Morgan fingerprint density at radius 1 is 0.955 bits per heavy atom. The molecule has 0 amide bonds. The van der Waals surface area contributed by atoms with Crippen molar-refractivity contribution in [2.75, 3.05) is 7.11 Å². The third-order valence-electron chi connectivity index (χ3n) is 4.16. The van der Waals surface area contributed by atoms with Gasteiger partial charge in [-0.1, -0.05) is 0 Å². The van der Waals surface area contributed by atoms with E-state index in [9.17, 15) is 20.4 Å². The van der Waals surface area contributed by atoms with Gasteiger partial charge in [-0.15, -0.1) is 0 Å². The van der Waals surface area contributed by atoms with Crippen molar-refractivity contribution in [2.45, 2.75) is 42.6 Å². The molecule has 120 valence electrons. The van der Waals surface area contributed by atoms with Gasteiger partial charge in [0.1, 0.15) is 0 Å². The van der Waals surface area contributed by atoms with E-state index in [1.807, 2.05) is 0 Å². The Labute approximate surface area is 125 Å². The van der Waals surface area contributed by atoms with E-state index in [0.717, 1.165) is 0 Å². The standard InChI is InChI=1S/C14H16O8/c1-19-10-4-8(2-3-9(10)15)14-20-11(16)5-12(17,21-14)7-13(18,6-11)22-14/h2-4,15-18H,5-7H2,1H3. The van der Waals surface area contributed by atoms with Gasteiger partial charge in [0.15, 0.2) is 28.9 Å². The molecule has 8 heteroatoms. The Hall–Kier alpha value is -1.42. The van der Waals surface area contributed by atoms with Crippen molar-refractivity contribution in [1.29, 1.82) is 0 Å². The summed E-state index contributed by atoms with van der Waals surface area (Å²) in [5, 5.41) is 41.0. The monoisotopic (exact) mass is 312 g/mol. The van der Waals surface area contributed by atoms with E-state index in [4.69, 9.17) is 18.9 Å². The van der Waals surface area contributed by atoms with Crippen molar-refractivity contribution in [2.24, 2.45) is 0 Å². The third kappa shape index (κ3) is 1.86. The minimum absolute atomic E-state index is 0.105. The summed E-state index contributed by atoms with van der Waals surface area (Å²) in [6.45, 7) is 0. The zero-order valence-corrected chi connectivity index (χ0v) is 11.8. The first-order chi connectivity index (χ1) is 10.2. The molecule has 4 bridgehead atoms. The van der Waals surface area contributed by atoms with E-state index in [1.165, 1.54) is 25.3 Å². The molecule has 4 aliphatic rings. The van der Waals surface area contributed by atoms with Crippen molar-refractivity contribution in [3.63, 3.8) is 0 Å². The van der Waals surface area contributed by atoms with Crippen LogP contribution in [0.25, 0.3) is 0 Å². The van der Waals surface area contributed by atoms with Crippen LogP contribution in [-0.2, 0) is 20.2 Å². The van der Waals surface area contributed by atoms with Crippen LogP contribution >= 0.6 is 0 Å². The number of aromatic hydroxyl groups is 1. The van der Waals surface area contributed by atoms with Gasteiger partial charge in [0.05, 0.1) is 26.4 Å². The second-order valence-corrected chi connectivity index (χ2v) is 6.12. The summed E-state index contributed by atoms with van der Waals surface area (Å²) in [7, 11) is 1.37. The highest BCUT2D eigenvalue weighted by atomic mass is 17.0. The van der Waals surface area contributed by atoms with Crippen LogP contribution in [0, 0.1) is 0 Å². The van der Waals surface area contributed by atoms with Gasteiger partial charge in [-0.2, -0.15) is 0 Å². The fourth-order valence-electron chi connectivity index (χ4n) is 3.56. The van der Waals surface area contributed by atoms with Crippen LogP contribution in [0.1, 0.15) is 24.8 Å². The van der Waals surface area contributed by atoms with Gasteiger partial charge in [0, 0.05) is 5.56 Å². The second-order valence-electron chi connectivity index (χ2n) is 6.12. The molecule has 0 radical (unpaired) electrons. The van der Waals surface area contributed by atoms with Crippen LogP contribution in [0.15, 0.2) is 18.2 Å². The first-order valence-corrected chi connectivity index (χ1v) is 6.84. The number of rotatable bonds is 2. The lowest BCUT2D eigenvalue weighted by Gasteiger charge is -2.63. The Bertz CT molecular complexity index is 590. The average molecular weight is 312 g/mol. The van der Waals surface area contributed by atoms with E-state index in [0.29, 0.717) is 0 Å². The predicted octanol–water partition coefficient (Wildman–Crippen LogP) is -0.162. The van der Waals surface area contributed by atoms with E-state index < -0.39 is 23.3 Å². The summed E-state index contributed by atoms with van der Waals surface area (Å²) in [5.41, 5.74) is 0.233. The Morgan fingerprint density at radius 2 is 1.45 bits per heavy atom. The number of hydrogen-bond acceptors (Lipinski definition) is 8. The molecule has 3 heterocycles. The number of hydrogen-bond donors (Lipinski definition) is 4. The Morgan fingerprint density at radius 3 is 1.91 bits per heavy atom. The number of ether oxygens (including phenoxy) is 4. The van der Waals surface area contributed by atoms with Crippen LogP contribution in [0.5, 0.6) is 11.5 Å². The molecule has 0 spiro atoms. The lowest BCUT2D eigenvalue weighted by Crippen LogP contribution is -2.74. The molecule has 22 heavy (non-hydrogen) atoms. The predicted molar refractivity (Wildman–Crippen MR) is 68.3 cm³/mol. The van der Waals surface area contributed by atoms with Gasteiger partial charge in [-0.05, 0) is 18.2 Å². The molecular formula is C14H16O8. The lowest BCUT2D eigenvalue weighted by molar-refractivity contribution is -0.636. The van der Waals surface area contributed by atoms with Gasteiger partial charge in [0.25, 0.3) is 0 Å². The summed E-state index contributed by atoms with van der Waals surface area (Å²) in [6.07, 6.45) is -0.575. The molecule has 1 aliphatic carbocycles. The quantitative estimate of drug-likeness (QED) is 0.595. The Balaban J connectivity index is 1.84. The number of methoxy groups -OCH3 is 1. The van der Waals surface area contributed by atoms with Crippen molar-refractivity contribution in [3.05, 3.63) is 23.8 Å². The maximum absolute atomic E-state index is 10.5. The minimum Gasteiger partial charge on any atom is -0.504 e. The lowest BCUT2D eigenvalue weighted by atomic mass is 9.80. The van der Waals surface area contributed by atoms with E-state index >= 15 is 0 Å². The molecule has 3 saturated heterocycles. The van der Waals surface area contributed by atoms with E-state index in [2.05, 4.69) is 0 Å². The van der Waals surface area contributed by atoms with E-state index in [-0.39, 0.29) is 36.3 Å². The summed E-state index contributed by atoms with van der Waals surface area (Å²) >= 11 is 0. The summed E-state index contributed by atoms with van der Waals surface area (Å²) in [4.78, 5) is 0. The second kappa shape index (κ2) is 3.91. The normalized spacial score (nSPS) is 46.0. The molecule has 0 unspecified atom stereocenters. The van der Waals surface area contributed by atoms with Crippen LogP contribution in [-0.4, -0.2) is 44.9 Å². The molecule has 3 aliphatic heterocycles. The average Bonchev–Trinajstić information content (AvgIpc) is 2.33. The van der Waals surface area contributed by atoms with Crippen LogP contribution < -0.4 is 4.74 Å². The molecule has 8 nitrogen and oxygen atoms in total. The van der Waals surface area contributed by atoms with Crippen LogP contribution in [0.4, 0.5) is 0 Å². The number of phenolic OH excluding ortho intramolecular Hbond substituents is 1. The first kappa shape index (κ1) is 14.2. The van der Waals surface area contributed by atoms with E-state index in [1.54, 1.807) is 0 Å². The van der Waals surface area contributed by atoms with Gasteiger partial charge in [-0.3, -0.25) is 14.2 Å². The third-order valence-corrected chi connectivity index (χ3v) is 4.16. The molecule has 0 aromatic heterocycles. The fourth-order valence-corrected chi connectivity index (χ4v) is 3.56. The molecule has 1 aromatic rings. The summed E-state index contributed by atoms with van der Waals surface area (Å²) in [5.74, 6) is -7.27. The number of phenols is 1. The molecule has 4 fully saturated rings. The molecule has 0 atom stereocenters. The molecular weight excluding hydrogens is 296 g/mol. The summed E-state index contributed by atoms with van der Waals surface area (Å²) < 4.78 is 21.5. The maximum Gasteiger partial charge on any atom is 0.319 e. The number of benzene rings is 1. The summed E-state index contributed by atoms with van der Waals surface area (Å²) in [6, 6.07) is 4.15. The smallest absolute Gasteiger partial charge is 0.319 e. The highest BCUT2D eigenvalue weighted by molar-refractivity contribution is 5.43. The highest BCUT2D eigenvalue weighted by Gasteiger charge is 2.72. The van der Waals surface area contributed by atoms with Gasteiger partial charge >= 0.3 is 5.97 Å². The maximum atomic E-state index is 10.5. The minimum atomic E-state index is -1.98. The zero-order valence-electron chi connectivity index (χ0n) is 11.8. The zero-order chi connectivity index (χ0) is 15.8. The first-order valence-electron chi connectivity index (χ1n) is 6.84. The van der Waals surface area contributed by atoms with Crippen molar-refractivity contribution >= 4 is 0 Å². The van der Waals surface area contributed by atoms with Gasteiger partial charge in [0.2, 0.25) is 0 Å². The Kier molecular flexibility index (Phi) is 2.52. The highest BCUT2D eigenvalue weighted by Crippen LogP contribution is 2.60. The fraction of sp³-hybridized carbons (Fsp3) is 0.571. The van der Waals surface area contributed by atoms with Crippen molar-refractivity contribution in [3.8, 4) is 11.5 Å². The van der Waals surface area contributed by atoms with Gasteiger partial charge < -0.3 is 25.2 Å². The van der Waals surface area contributed by atoms with Gasteiger partial charge in [-0.25, -0.2) is 0 Å². The van der Waals surface area contributed by atoms with Crippen molar-refractivity contribution in [1.82, 2.24) is 0 Å². The molecule has 4 N–H and O–H groups in total. The van der Waals surface area contributed by atoms with Crippen molar-refractivity contribution < 1.29 is 39.4 Å². The molecule has 5 rings (SSSR count). The number of aliphatic hydroxyl groups is 3.